The normalized spacial score (nSPS) is 11.0. The van der Waals surface area contributed by atoms with Gasteiger partial charge in [-0.2, -0.15) is 0 Å². The maximum absolute atomic E-state index is 6.08. The molecule has 0 aliphatic carbocycles. The number of nitrogens with zero attached hydrogens (tertiary/aromatic N) is 2. The van der Waals surface area contributed by atoms with Crippen LogP contribution in [-0.4, -0.2) is 9.55 Å². The van der Waals surface area contributed by atoms with Crippen molar-refractivity contribution >= 4 is 16.7 Å². The molecule has 2 heterocycles. The summed E-state index contributed by atoms with van der Waals surface area (Å²) < 4.78 is 1.96. The predicted octanol–water partition coefficient (Wildman–Crippen LogP) is 3.13. The first-order valence-corrected chi connectivity index (χ1v) is 5.93. The fourth-order valence-corrected chi connectivity index (χ4v) is 2.31. The number of benzene rings is 1. The van der Waals surface area contributed by atoms with E-state index in [2.05, 4.69) is 36.2 Å². The molecular formula is C15H15N3. The zero-order chi connectivity index (χ0) is 12.7. The Balaban J connectivity index is 2.32. The predicted molar refractivity (Wildman–Crippen MR) is 75.3 cm³/mol. The van der Waals surface area contributed by atoms with E-state index in [0.717, 1.165) is 22.3 Å². The molecule has 3 rings (SSSR count). The summed E-state index contributed by atoms with van der Waals surface area (Å²) in [5, 5.41) is 1.03. The van der Waals surface area contributed by atoms with Gasteiger partial charge in [0.2, 0.25) is 0 Å². The van der Waals surface area contributed by atoms with Gasteiger partial charge in [-0.25, -0.2) is 4.98 Å². The van der Waals surface area contributed by atoms with Crippen LogP contribution < -0.4 is 5.73 Å². The lowest BCUT2D eigenvalue weighted by molar-refractivity contribution is 0.950. The van der Waals surface area contributed by atoms with Crippen molar-refractivity contribution in [2.45, 2.75) is 6.92 Å². The number of pyridine rings is 1. The zero-order valence-electron chi connectivity index (χ0n) is 10.5. The highest BCUT2D eigenvalue weighted by molar-refractivity contribution is 6.01. The molecule has 0 fully saturated rings. The highest BCUT2D eigenvalue weighted by Gasteiger charge is 2.10. The maximum atomic E-state index is 6.08. The second kappa shape index (κ2) is 3.88. The van der Waals surface area contributed by atoms with Gasteiger partial charge in [-0.1, -0.05) is 29.8 Å². The number of nitrogens with two attached hydrogens (primary N) is 1. The molecular weight excluding hydrogens is 222 g/mol. The Bertz CT molecular complexity index is 708. The van der Waals surface area contributed by atoms with E-state index >= 15 is 0 Å². The van der Waals surface area contributed by atoms with Gasteiger partial charge in [0.25, 0.3) is 0 Å². The lowest BCUT2D eigenvalue weighted by Gasteiger charge is -2.05. The van der Waals surface area contributed by atoms with Crippen LogP contribution in [0.2, 0.25) is 0 Å². The van der Waals surface area contributed by atoms with Crippen LogP contribution in [0.25, 0.3) is 22.2 Å². The van der Waals surface area contributed by atoms with Gasteiger partial charge < -0.3 is 10.3 Å². The molecule has 0 saturated carbocycles. The second-order valence-electron chi connectivity index (χ2n) is 4.62. The van der Waals surface area contributed by atoms with Crippen molar-refractivity contribution in [1.82, 2.24) is 9.55 Å². The first-order valence-electron chi connectivity index (χ1n) is 5.93. The summed E-state index contributed by atoms with van der Waals surface area (Å²) >= 11 is 0. The van der Waals surface area contributed by atoms with Crippen molar-refractivity contribution in [3.63, 3.8) is 0 Å². The Labute approximate surface area is 106 Å². The van der Waals surface area contributed by atoms with Crippen molar-refractivity contribution in [3.05, 3.63) is 48.3 Å². The van der Waals surface area contributed by atoms with Crippen molar-refractivity contribution in [2.75, 3.05) is 5.73 Å². The fourth-order valence-electron chi connectivity index (χ4n) is 2.31. The van der Waals surface area contributed by atoms with Gasteiger partial charge in [-0.3, -0.25) is 0 Å². The molecule has 0 atom stereocenters. The zero-order valence-corrected chi connectivity index (χ0v) is 10.5. The van der Waals surface area contributed by atoms with E-state index in [1.807, 2.05) is 30.1 Å². The smallest absolute Gasteiger partial charge is 0.142 e. The molecule has 18 heavy (non-hydrogen) atoms. The Morgan fingerprint density at radius 3 is 2.56 bits per heavy atom. The molecule has 0 saturated heterocycles. The number of anilines is 1. The molecule has 3 aromatic rings. The molecule has 0 aliphatic rings. The minimum Gasteiger partial charge on any atom is -0.397 e. The number of aryl methyl sites for hydroxylation is 2. The van der Waals surface area contributed by atoms with Gasteiger partial charge in [-0.15, -0.1) is 0 Å². The van der Waals surface area contributed by atoms with Crippen LogP contribution in [0.4, 0.5) is 5.69 Å². The molecule has 90 valence electrons. The number of hydrogen-bond donors (Lipinski definition) is 1. The Hall–Kier alpha value is -2.29. The lowest BCUT2D eigenvalue weighted by atomic mass is 10.0. The lowest BCUT2D eigenvalue weighted by Crippen LogP contribution is -1.89. The molecule has 0 unspecified atom stereocenters. The summed E-state index contributed by atoms with van der Waals surface area (Å²) in [6, 6.07) is 10.5. The van der Waals surface area contributed by atoms with E-state index in [0.29, 0.717) is 0 Å². The van der Waals surface area contributed by atoms with E-state index in [9.17, 15) is 0 Å². The molecule has 0 amide bonds. The van der Waals surface area contributed by atoms with Crippen LogP contribution in [0.5, 0.6) is 0 Å². The Morgan fingerprint density at radius 1 is 1.11 bits per heavy atom. The van der Waals surface area contributed by atoms with Crippen LogP contribution in [0.15, 0.2) is 42.7 Å². The summed E-state index contributed by atoms with van der Waals surface area (Å²) in [7, 11) is 1.96. The minimum atomic E-state index is 0.774. The van der Waals surface area contributed by atoms with Crippen molar-refractivity contribution < 1.29 is 0 Å². The van der Waals surface area contributed by atoms with Gasteiger partial charge in [0, 0.05) is 24.8 Å². The summed E-state index contributed by atoms with van der Waals surface area (Å²) in [5.41, 5.74) is 11.3. The first-order chi connectivity index (χ1) is 8.66. The monoisotopic (exact) mass is 237 g/mol. The molecule has 3 heteroatoms. The Kier molecular flexibility index (Phi) is 2.33. The third kappa shape index (κ3) is 1.56. The second-order valence-corrected chi connectivity index (χ2v) is 4.62. The minimum absolute atomic E-state index is 0.774. The quantitative estimate of drug-likeness (QED) is 0.706. The summed E-state index contributed by atoms with van der Waals surface area (Å²) in [6.45, 7) is 2.09. The van der Waals surface area contributed by atoms with Crippen molar-refractivity contribution in [1.29, 1.82) is 0 Å². The molecule has 0 aliphatic heterocycles. The number of nitrogen functional groups attached to an aromatic ring is 1. The highest BCUT2D eigenvalue weighted by Crippen LogP contribution is 2.32. The topological polar surface area (TPSA) is 43.8 Å². The van der Waals surface area contributed by atoms with Crippen LogP contribution in [0, 0.1) is 6.92 Å². The van der Waals surface area contributed by atoms with Gasteiger partial charge >= 0.3 is 0 Å². The number of rotatable bonds is 1. The molecule has 3 nitrogen and oxygen atoms in total. The SMILES string of the molecule is Cc1ccc(-c2ccnc3c2c(N)cn3C)cc1. The summed E-state index contributed by atoms with van der Waals surface area (Å²) in [4.78, 5) is 4.39. The van der Waals surface area contributed by atoms with Crippen LogP contribution in [0.3, 0.4) is 0 Å². The highest BCUT2D eigenvalue weighted by atomic mass is 15.0. The van der Waals surface area contributed by atoms with Gasteiger partial charge in [0.15, 0.2) is 0 Å². The maximum Gasteiger partial charge on any atom is 0.142 e. The average molecular weight is 237 g/mol. The van der Waals surface area contributed by atoms with E-state index in [4.69, 9.17) is 5.73 Å². The van der Waals surface area contributed by atoms with Gasteiger partial charge in [-0.05, 0) is 24.1 Å². The van der Waals surface area contributed by atoms with Crippen LogP contribution >= 0.6 is 0 Å². The van der Waals surface area contributed by atoms with E-state index in [-0.39, 0.29) is 0 Å². The largest absolute Gasteiger partial charge is 0.397 e. The van der Waals surface area contributed by atoms with Crippen molar-refractivity contribution in [2.24, 2.45) is 7.05 Å². The standard InChI is InChI=1S/C15H15N3/c1-10-3-5-11(6-4-10)12-7-8-17-15-14(12)13(16)9-18(15)2/h3-9H,16H2,1-2H3. The molecule has 1 aromatic carbocycles. The average Bonchev–Trinajstić information content (AvgIpc) is 2.66. The van der Waals surface area contributed by atoms with E-state index < -0.39 is 0 Å². The number of fused-ring (bicyclic) bond motifs is 1. The Morgan fingerprint density at radius 2 is 1.83 bits per heavy atom. The fraction of sp³-hybridized carbons (Fsp3) is 0.133. The van der Waals surface area contributed by atoms with E-state index in [1.54, 1.807) is 0 Å². The third-order valence-corrected chi connectivity index (χ3v) is 3.25. The summed E-state index contributed by atoms with van der Waals surface area (Å²) in [5.74, 6) is 0. The molecule has 0 spiro atoms. The van der Waals surface area contributed by atoms with E-state index in [1.165, 1.54) is 11.1 Å². The summed E-state index contributed by atoms with van der Waals surface area (Å²) in [6.07, 6.45) is 3.74. The van der Waals surface area contributed by atoms with Gasteiger partial charge in [0.1, 0.15) is 5.65 Å². The first kappa shape index (κ1) is 10.8. The third-order valence-electron chi connectivity index (χ3n) is 3.25. The molecule has 0 radical (unpaired) electrons. The molecule has 0 bridgehead atoms. The number of hydrogen-bond acceptors (Lipinski definition) is 2. The molecule has 2 aromatic heterocycles. The van der Waals surface area contributed by atoms with Crippen LogP contribution in [0.1, 0.15) is 5.56 Å². The van der Waals surface area contributed by atoms with Gasteiger partial charge in [0.05, 0.1) is 5.69 Å². The molecule has 2 N–H and O–H groups in total. The van der Waals surface area contributed by atoms with Crippen molar-refractivity contribution in [3.8, 4) is 11.1 Å². The van der Waals surface area contributed by atoms with Crippen LogP contribution in [-0.2, 0) is 7.05 Å². The number of aromatic nitrogens is 2.